The minimum absolute atomic E-state index is 0.0342. The van der Waals surface area contributed by atoms with Crippen molar-refractivity contribution in [3.8, 4) is 23.0 Å². The zero-order valence-electron chi connectivity index (χ0n) is 28.0. The molecule has 0 aliphatic rings. The topological polar surface area (TPSA) is 124 Å². The molecule has 1 N–H and O–H groups in total. The number of hydrogen-bond acceptors (Lipinski definition) is 8. The molecule has 1 atom stereocenters. The number of ether oxygens (including phenoxy) is 4. The fourth-order valence-corrected chi connectivity index (χ4v) is 6.93. The summed E-state index contributed by atoms with van der Waals surface area (Å²) >= 11 is 6.31. The molecule has 0 saturated heterocycles. The molecular formula is C36H40ClN3O8S. The molecule has 49 heavy (non-hydrogen) atoms. The maximum atomic E-state index is 14.7. The first kappa shape index (κ1) is 36.9. The van der Waals surface area contributed by atoms with Gasteiger partial charge in [-0.25, -0.2) is 8.42 Å². The number of anilines is 1. The van der Waals surface area contributed by atoms with Crippen molar-refractivity contribution < 1.29 is 37.0 Å². The van der Waals surface area contributed by atoms with Crippen molar-refractivity contribution in [1.29, 1.82) is 0 Å². The Labute approximate surface area is 292 Å². The van der Waals surface area contributed by atoms with E-state index < -0.39 is 34.4 Å². The maximum absolute atomic E-state index is 14.7. The summed E-state index contributed by atoms with van der Waals surface area (Å²) < 4.78 is 51.8. The van der Waals surface area contributed by atoms with E-state index in [1.807, 2.05) is 30.3 Å². The third kappa shape index (κ3) is 8.95. The Balaban J connectivity index is 1.89. The largest absolute Gasteiger partial charge is 0.497 e. The second-order valence-electron chi connectivity index (χ2n) is 10.8. The van der Waals surface area contributed by atoms with Gasteiger partial charge < -0.3 is 29.2 Å². The van der Waals surface area contributed by atoms with Crippen LogP contribution in [0.15, 0.2) is 95.9 Å². The fraction of sp³-hybridized carbons (Fsp3) is 0.278. The van der Waals surface area contributed by atoms with Crippen LogP contribution in [0, 0.1) is 0 Å². The van der Waals surface area contributed by atoms with Gasteiger partial charge >= 0.3 is 0 Å². The fourth-order valence-electron chi connectivity index (χ4n) is 5.29. The SMILES string of the molecule is CCNC(=O)[C@@H](Cc1ccccc1)N(Cc1cccc(Cl)c1)C(=O)CN(c1cc(OC)ccc1OC)S(=O)(=O)c1ccc(OC)c(OC)c1. The standard InChI is InChI=1S/C36H40ClN3O8S/c1-6-38-36(42)31(20-25-11-8-7-9-12-25)39(23-26-13-10-14-27(37)19-26)35(41)24-40(30-21-28(45-2)15-17-32(30)46-3)49(43,44)29-16-18-33(47-4)34(22-29)48-5/h7-19,21-22,31H,6,20,23-24H2,1-5H3,(H,38,42)/t31-/m1/s1. The molecule has 0 radical (unpaired) electrons. The van der Waals surface area contributed by atoms with Crippen LogP contribution in [-0.4, -0.2) is 72.7 Å². The zero-order chi connectivity index (χ0) is 35.6. The van der Waals surface area contributed by atoms with Gasteiger partial charge in [-0.15, -0.1) is 0 Å². The van der Waals surface area contributed by atoms with E-state index in [4.69, 9.17) is 30.5 Å². The van der Waals surface area contributed by atoms with Gasteiger partial charge in [0, 0.05) is 36.7 Å². The monoisotopic (exact) mass is 709 g/mol. The quantitative estimate of drug-likeness (QED) is 0.165. The highest BCUT2D eigenvalue weighted by molar-refractivity contribution is 7.92. The van der Waals surface area contributed by atoms with Gasteiger partial charge in [-0.3, -0.25) is 13.9 Å². The summed E-state index contributed by atoms with van der Waals surface area (Å²) in [5, 5.41) is 3.29. The van der Waals surface area contributed by atoms with Crippen molar-refractivity contribution in [2.75, 3.05) is 45.8 Å². The van der Waals surface area contributed by atoms with E-state index in [9.17, 15) is 18.0 Å². The number of halogens is 1. The minimum atomic E-state index is -4.50. The van der Waals surface area contributed by atoms with Gasteiger partial charge in [0.05, 0.1) is 39.0 Å². The molecule has 260 valence electrons. The summed E-state index contributed by atoms with van der Waals surface area (Å²) in [4.78, 5) is 29.6. The summed E-state index contributed by atoms with van der Waals surface area (Å²) in [6, 6.07) is 24.0. The average Bonchev–Trinajstić information content (AvgIpc) is 3.11. The van der Waals surface area contributed by atoms with Gasteiger partial charge in [0.15, 0.2) is 11.5 Å². The molecular weight excluding hydrogens is 670 g/mol. The minimum Gasteiger partial charge on any atom is -0.497 e. The Bertz CT molecular complexity index is 1860. The lowest BCUT2D eigenvalue weighted by atomic mass is 10.0. The predicted octanol–water partition coefficient (Wildman–Crippen LogP) is 5.35. The van der Waals surface area contributed by atoms with Crippen LogP contribution in [0.4, 0.5) is 5.69 Å². The van der Waals surface area contributed by atoms with Crippen molar-refractivity contribution >= 4 is 39.1 Å². The van der Waals surface area contributed by atoms with Gasteiger partial charge in [0.2, 0.25) is 11.8 Å². The molecule has 0 bridgehead atoms. The van der Waals surface area contributed by atoms with E-state index in [0.717, 1.165) is 9.87 Å². The van der Waals surface area contributed by atoms with E-state index >= 15 is 0 Å². The summed E-state index contributed by atoms with van der Waals surface area (Å²) in [5.41, 5.74) is 1.51. The van der Waals surface area contributed by atoms with Crippen molar-refractivity contribution in [2.24, 2.45) is 0 Å². The molecule has 0 saturated carbocycles. The molecule has 4 rings (SSSR count). The van der Waals surface area contributed by atoms with Crippen LogP contribution in [0.5, 0.6) is 23.0 Å². The van der Waals surface area contributed by atoms with Gasteiger partial charge in [0.25, 0.3) is 10.0 Å². The van der Waals surface area contributed by atoms with E-state index in [0.29, 0.717) is 28.6 Å². The van der Waals surface area contributed by atoms with Crippen LogP contribution in [0.2, 0.25) is 5.02 Å². The number of nitrogens with one attached hydrogen (secondary N) is 1. The van der Waals surface area contributed by atoms with Gasteiger partial charge in [0.1, 0.15) is 24.1 Å². The molecule has 0 unspecified atom stereocenters. The highest BCUT2D eigenvalue weighted by Crippen LogP contribution is 2.38. The Morgan fingerprint density at radius 3 is 2.08 bits per heavy atom. The van der Waals surface area contributed by atoms with Gasteiger partial charge in [-0.05, 0) is 54.4 Å². The third-order valence-corrected chi connectivity index (χ3v) is 9.73. The summed E-state index contributed by atoms with van der Waals surface area (Å²) in [7, 11) is 1.16. The van der Waals surface area contributed by atoms with Crippen LogP contribution in [0.1, 0.15) is 18.1 Å². The normalized spacial score (nSPS) is 11.6. The van der Waals surface area contributed by atoms with Gasteiger partial charge in [-0.1, -0.05) is 54.1 Å². The lowest BCUT2D eigenvalue weighted by Gasteiger charge is -2.34. The molecule has 0 aliphatic heterocycles. The number of methoxy groups -OCH3 is 4. The summed E-state index contributed by atoms with van der Waals surface area (Å²) in [6.45, 7) is 1.37. The second-order valence-corrected chi connectivity index (χ2v) is 13.1. The number of amides is 2. The van der Waals surface area contributed by atoms with E-state index in [-0.39, 0.29) is 35.0 Å². The van der Waals surface area contributed by atoms with Crippen LogP contribution < -0.4 is 28.6 Å². The molecule has 0 aromatic heterocycles. The number of carbonyl (C=O) groups is 2. The average molecular weight is 710 g/mol. The van der Waals surface area contributed by atoms with Crippen LogP contribution in [-0.2, 0) is 32.6 Å². The molecule has 0 aliphatic carbocycles. The number of sulfonamides is 1. The lowest BCUT2D eigenvalue weighted by molar-refractivity contribution is -0.140. The highest BCUT2D eigenvalue weighted by Gasteiger charge is 2.36. The number of benzene rings is 4. The molecule has 0 fully saturated rings. The first-order valence-corrected chi connectivity index (χ1v) is 17.2. The first-order chi connectivity index (χ1) is 23.6. The molecule has 0 spiro atoms. The van der Waals surface area contributed by atoms with Crippen molar-refractivity contribution in [2.45, 2.75) is 30.8 Å². The summed E-state index contributed by atoms with van der Waals surface area (Å²) in [6.07, 6.45) is 0.171. The first-order valence-electron chi connectivity index (χ1n) is 15.4. The maximum Gasteiger partial charge on any atom is 0.265 e. The molecule has 0 heterocycles. The number of likely N-dealkylation sites (N-methyl/N-ethyl adjacent to an activating group) is 1. The smallest absolute Gasteiger partial charge is 0.265 e. The predicted molar refractivity (Wildman–Crippen MR) is 188 cm³/mol. The highest BCUT2D eigenvalue weighted by atomic mass is 35.5. The number of rotatable bonds is 16. The van der Waals surface area contributed by atoms with Crippen molar-refractivity contribution in [3.63, 3.8) is 0 Å². The zero-order valence-corrected chi connectivity index (χ0v) is 29.6. The van der Waals surface area contributed by atoms with Crippen molar-refractivity contribution in [1.82, 2.24) is 10.2 Å². The van der Waals surface area contributed by atoms with Crippen LogP contribution >= 0.6 is 11.6 Å². The molecule has 4 aromatic rings. The third-order valence-electron chi connectivity index (χ3n) is 7.74. The number of nitrogens with zero attached hydrogens (tertiary/aromatic N) is 2. The summed E-state index contributed by atoms with van der Waals surface area (Å²) in [5.74, 6) is -0.0499. The molecule has 2 amide bonds. The lowest BCUT2D eigenvalue weighted by Crippen LogP contribution is -2.53. The Hall–Kier alpha value is -4.94. The van der Waals surface area contributed by atoms with E-state index in [1.54, 1.807) is 43.3 Å². The Morgan fingerprint density at radius 1 is 0.776 bits per heavy atom. The van der Waals surface area contributed by atoms with Gasteiger partial charge in [-0.2, -0.15) is 0 Å². The Kier molecular flexibility index (Phi) is 12.8. The second kappa shape index (κ2) is 16.9. The van der Waals surface area contributed by atoms with E-state index in [1.165, 1.54) is 57.6 Å². The van der Waals surface area contributed by atoms with Crippen LogP contribution in [0.25, 0.3) is 0 Å². The van der Waals surface area contributed by atoms with E-state index in [2.05, 4.69) is 5.32 Å². The number of hydrogen-bond donors (Lipinski definition) is 1. The Morgan fingerprint density at radius 2 is 1.45 bits per heavy atom. The molecule has 13 heteroatoms. The van der Waals surface area contributed by atoms with Crippen molar-refractivity contribution in [3.05, 3.63) is 107 Å². The molecule has 11 nitrogen and oxygen atoms in total. The molecule has 4 aromatic carbocycles. The van der Waals surface area contributed by atoms with Crippen LogP contribution in [0.3, 0.4) is 0 Å². The number of carbonyl (C=O) groups excluding carboxylic acids is 2.